The lowest BCUT2D eigenvalue weighted by molar-refractivity contribution is -0.385. The van der Waals surface area contributed by atoms with Crippen LogP contribution in [0.4, 0.5) is 25.8 Å². The van der Waals surface area contributed by atoms with Gasteiger partial charge in [-0.05, 0) is 56.2 Å². The molecule has 18 nitrogen and oxygen atoms in total. The quantitative estimate of drug-likeness (QED) is 0.112. The van der Waals surface area contributed by atoms with Crippen LogP contribution in [0.25, 0.3) is 0 Å². The van der Waals surface area contributed by atoms with E-state index in [0.717, 1.165) is 0 Å². The van der Waals surface area contributed by atoms with E-state index in [1.165, 1.54) is 53.4 Å². The largest absolute Gasteiger partial charge is 0.444 e. The molecule has 246 valence electrons. The minimum atomic E-state index is -1.03. The van der Waals surface area contributed by atoms with Crippen LogP contribution in [0.1, 0.15) is 38.3 Å². The minimum Gasteiger partial charge on any atom is -0.444 e. The first kappa shape index (κ1) is 34.7. The number of aliphatic imine (C=N–C) groups is 1. The maximum atomic E-state index is 12.4. The Morgan fingerprint density at radius 3 is 1.72 bits per heavy atom. The number of rotatable bonds is 10. The van der Waals surface area contributed by atoms with Gasteiger partial charge in [0.25, 0.3) is 11.4 Å². The number of non-ortho nitro benzene ring substituents is 2. The van der Waals surface area contributed by atoms with Crippen molar-refractivity contribution in [3.05, 3.63) is 79.9 Å². The molecule has 0 radical (unpaired) electrons. The lowest BCUT2D eigenvalue weighted by Crippen LogP contribution is -2.61. The third kappa shape index (κ3) is 11.7. The van der Waals surface area contributed by atoms with Crippen molar-refractivity contribution in [2.45, 2.75) is 52.0 Å². The van der Waals surface area contributed by atoms with Crippen LogP contribution in [0.5, 0.6) is 0 Å². The highest BCUT2D eigenvalue weighted by Crippen LogP contribution is 2.16. The summed E-state index contributed by atoms with van der Waals surface area (Å²) in [6.07, 6.45) is -2.68. The van der Waals surface area contributed by atoms with E-state index in [1.54, 1.807) is 20.8 Å². The second kappa shape index (κ2) is 15.8. The fourth-order valence-corrected chi connectivity index (χ4v) is 3.72. The average molecular weight is 644 g/mol. The molecule has 1 heterocycles. The summed E-state index contributed by atoms with van der Waals surface area (Å²) >= 11 is 0. The summed E-state index contributed by atoms with van der Waals surface area (Å²) < 4.78 is 15.5. The van der Waals surface area contributed by atoms with Crippen molar-refractivity contribution in [3.63, 3.8) is 0 Å². The van der Waals surface area contributed by atoms with Gasteiger partial charge in [-0.2, -0.15) is 0 Å². The topological polar surface area (TPSA) is 234 Å². The van der Waals surface area contributed by atoms with Crippen LogP contribution in [-0.2, 0) is 32.2 Å². The third-order valence-corrected chi connectivity index (χ3v) is 5.98. The number of ether oxygens (including phenoxy) is 3. The lowest BCUT2D eigenvalue weighted by Gasteiger charge is -2.39. The molecule has 2 aromatic rings. The first-order valence-electron chi connectivity index (χ1n) is 13.8. The number of amides is 4. The summed E-state index contributed by atoms with van der Waals surface area (Å²) in [4.78, 5) is 75.3. The molecule has 18 heteroatoms. The maximum absolute atomic E-state index is 12.4. The molecular weight excluding hydrogens is 610 g/mol. The number of guanidine groups is 1. The number of nitro benzene ring substituents is 2. The Hall–Kier alpha value is -5.81. The third-order valence-electron chi connectivity index (χ3n) is 5.98. The minimum absolute atomic E-state index is 0.133. The molecule has 0 unspecified atom stereocenters. The first-order valence-corrected chi connectivity index (χ1v) is 13.8. The number of likely N-dealkylation sites (tertiary alicyclic amines) is 1. The maximum Gasteiger partial charge on any atom is 0.414 e. The number of hydrogen-bond donors (Lipinski definition) is 3. The summed E-state index contributed by atoms with van der Waals surface area (Å²) in [5.74, 6) is -0.784. The monoisotopic (exact) mass is 643 g/mol. The molecule has 0 spiro atoms. The van der Waals surface area contributed by atoms with Crippen LogP contribution in [0.15, 0.2) is 53.5 Å². The second-order valence-electron chi connectivity index (χ2n) is 10.9. The smallest absolute Gasteiger partial charge is 0.414 e. The van der Waals surface area contributed by atoms with Crippen molar-refractivity contribution < 1.29 is 43.2 Å². The Bertz CT molecular complexity index is 1390. The van der Waals surface area contributed by atoms with Gasteiger partial charge in [0.15, 0.2) is 0 Å². The van der Waals surface area contributed by atoms with E-state index < -0.39 is 45.6 Å². The molecule has 0 atom stereocenters. The van der Waals surface area contributed by atoms with Crippen LogP contribution >= 0.6 is 0 Å². The highest BCUT2D eigenvalue weighted by molar-refractivity contribution is 6.01. The van der Waals surface area contributed by atoms with Crippen molar-refractivity contribution in [3.8, 4) is 0 Å². The van der Waals surface area contributed by atoms with Crippen molar-refractivity contribution in [1.82, 2.24) is 20.9 Å². The van der Waals surface area contributed by atoms with Gasteiger partial charge >= 0.3 is 18.3 Å². The first-order chi connectivity index (χ1) is 21.7. The molecule has 0 bridgehead atoms. The van der Waals surface area contributed by atoms with E-state index >= 15 is 0 Å². The predicted octanol–water partition coefficient (Wildman–Crippen LogP) is 3.14. The van der Waals surface area contributed by atoms with Gasteiger partial charge in [0.2, 0.25) is 11.9 Å². The van der Waals surface area contributed by atoms with Crippen LogP contribution in [0.2, 0.25) is 0 Å². The van der Waals surface area contributed by atoms with Crippen molar-refractivity contribution in [2.24, 2.45) is 4.99 Å². The van der Waals surface area contributed by atoms with Gasteiger partial charge in [-0.3, -0.25) is 40.6 Å². The van der Waals surface area contributed by atoms with Crippen molar-refractivity contribution >= 4 is 41.5 Å². The lowest BCUT2D eigenvalue weighted by atomic mass is 10.1. The van der Waals surface area contributed by atoms with Gasteiger partial charge in [0, 0.05) is 43.8 Å². The fraction of sp³-hybridized carbons (Fsp3) is 0.393. The van der Waals surface area contributed by atoms with E-state index in [4.69, 9.17) is 14.2 Å². The molecule has 3 rings (SSSR count). The van der Waals surface area contributed by atoms with E-state index in [9.17, 15) is 39.4 Å². The number of hydrogen-bond acceptors (Lipinski definition) is 12. The zero-order chi connectivity index (χ0) is 33.9. The molecule has 46 heavy (non-hydrogen) atoms. The molecule has 1 aliphatic heterocycles. The summed E-state index contributed by atoms with van der Waals surface area (Å²) in [7, 11) is 0. The SMILES string of the molecule is CC(C)(C)OC(=O)N1CC(NC(=O)CCN=C(NC(=O)OCc2ccc([N+](=O)[O-])cc2)NC(=O)OCc2ccc([N+](=O)[O-])cc2)C1. The van der Waals surface area contributed by atoms with E-state index in [1.807, 2.05) is 0 Å². The van der Waals surface area contributed by atoms with Crippen LogP contribution < -0.4 is 16.0 Å². The van der Waals surface area contributed by atoms with E-state index in [2.05, 4.69) is 20.9 Å². The van der Waals surface area contributed by atoms with E-state index in [-0.39, 0.29) is 56.7 Å². The van der Waals surface area contributed by atoms with Crippen LogP contribution in [0, 0.1) is 20.2 Å². The van der Waals surface area contributed by atoms with Gasteiger partial charge in [0.1, 0.15) is 18.8 Å². The normalized spacial score (nSPS) is 12.5. The summed E-state index contributed by atoms with van der Waals surface area (Å²) in [6, 6.07) is 10.3. The van der Waals surface area contributed by atoms with Crippen LogP contribution in [-0.4, -0.2) is 76.2 Å². The molecule has 1 aliphatic rings. The number of carbonyl (C=O) groups is 4. The Balaban J connectivity index is 1.53. The molecule has 3 N–H and O–H groups in total. The predicted molar refractivity (Wildman–Crippen MR) is 159 cm³/mol. The Labute approximate surface area is 262 Å². The highest BCUT2D eigenvalue weighted by atomic mass is 16.6. The Morgan fingerprint density at radius 1 is 0.848 bits per heavy atom. The summed E-state index contributed by atoms with van der Waals surface area (Å²) in [6.45, 7) is 5.12. The van der Waals surface area contributed by atoms with Crippen molar-refractivity contribution in [2.75, 3.05) is 19.6 Å². The standard InChI is InChI=1S/C28H33N7O11/c1-28(2,3)46-27(39)33-14-20(15-33)30-23(36)12-13-29-24(31-25(37)44-16-18-4-8-21(9-5-18)34(40)41)32-26(38)45-17-19-6-10-22(11-7-19)35(42)43/h4-11,20H,12-17H2,1-3H3,(H,30,36)(H2,29,31,32,37,38). The highest BCUT2D eigenvalue weighted by Gasteiger charge is 2.34. The molecule has 0 aliphatic carbocycles. The number of nitro groups is 2. The molecule has 2 aromatic carbocycles. The van der Waals surface area contributed by atoms with Gasteiger partial charge in [-0.25, -0.2) is 14.4 Å². The van der Waals surface area contributed by atoms with Gasteiger partial charge in [-0.1, -0.05) is 0 Å². The second-order valence-corrected chi connectivity index (χ2v) is 10.9. The number of nitrogens with one attached hydrogen (secondary N) is 3. The molecular formula is C28H33N7O11. The number of nitrogens with zero attached hydrogens (tertiary/aromatic N) is 4. The summed E-state index contributed by atoms with van der Waals surface area (Å²) in [5, 5.41) is 28.9. The molecule has 0 aromatic heterocycles. The van der Waals surface area contributed by atoms with E-state index in [0.29, 0.717) is 11.1 Å². The average Bonchev–Trinajstić information content (AvgIpc) is 2.96. The Kier molecular flexibility index (Phi) is 11.9. The van der Waals surface area contributed by atoms with Gasteiger partial charge in [0.05, 0.1) is 22.4 Å². The van der Waals surface area contributed by atoms with Gasteiger partial charge in [-0.15, -0.1) is 0 Å². The molecule has 1 fully saturated rings. The Morgan fingerprint density at radius 2 is 1.30 bits per heavy atom. The van der Waals surface area contributed by atoms with Gasteiger partial charge < -0.3 is 24.4 Å². The number of alkyl carbamates (subject to hydrolysis) is 2. The molecule has 0 saturated carbocycles. The van der Waals surface area contributed by atoms with Crippen LogP contribution in [0.3, 0.4) is 0 Å². The summed E-state index contributed by atoms with van der Waals surface area (Å²) in [5.41, 5.74) is -0.0148. The van der Waals surface area contributed by atoms with Crippen molar-refractivity contribution in [1.29, 1.82) is 0 Å². The molecule has 4 amide bonds. The number of carbonyl (C=O) groups excluding carboxylic acids is 4. The number of benzene rings is 2. The zero-order valence-corrected chi connectivity index (χ0v) is 25.2. The molecule has 1 saturated heterocycles. The zero-order valence-electron chi connectivity index (χ0n) is 25.2. The fourth-order valence-electron chi connectivity index (χ4n) is 3.72.